The van der Waals surface area contributed by atoms with Gasteiger partial charge in [0.05, 0.1) is 4.83 Å². The topological polar surface area (TPSA) is 29.1 Å². The van der Waals surface area contributed by atoms with E-state index in [4.69, 9.17) is 0 Å². The van der Waals surface area contributed by atoms with Crippen LogP contribution < -0.4 is 5.32 Å². The Hall–Kier alpha value is -0.0500. The molecule has 1 N–H and O–H groups in total. The molecular weight excluding hydrogens is 218 g/mol. The minimum absolute atomic E-state index is 0.0671. The van der Waals surface area contributed by atoms with Gasteiger partial charge < -0.3 is 5.32 Å². The van der Waals surface area contributed by atoms with Crippen LogP contribution in [0.5, 0.6) is 0 Å². The summed E-state index contributed by atoms with van der Waals surface area (Å²) in [4.78, 5) is 11.4. The summed E-state index contributed by atoms with van der Waals surface area (Å²) >= 11 is 3.35. The van der Waals surface area contributed by atoms with Gasteiger partial charge in [0.2, 0.25) is 5.91 Å². The quantitative estimate of drug-likeness (QED) is 0.732. The molecule has 0 saturated heterocycles. The van der Waals surface area contributed by atoms with Crippen molar-refractivity contribution in [3.8, 4) is 0 Å². The van der Waals surface area contributed by atoms with Crippen molar-refractivity contribution in [2.45, 2.75) is 45.0 Å². The lowest BCUT2D eigenvalue weighted by Gasteiger charge is -2.23. The lowest BCUT2D eigenvalue weighted by molar-refractivity contribution is -0.122. The third kappa shape index (κ3) is 4.75. The maximum atomic E-state index is 11.4. The molecular formula is C9H18BrNO. The highest BCUT2D eigenvalue weighted by atomic mass is 79.9. The van der Waals surface area contributed by atoms with Crippen molar-refractivity contribution in [2.24, 2.45) is 5.92 Å². The maximum Gasteiger partial charge on any atom is 0.234 e. The highest BCUT2D eigenvalue weighted by Crippen LogP contribution is 2.13. The number of halogens is 1. The number of alkyl halides is 1. The van der Waals surface area contributed by atoms with E-state index in [9.17, 15) is 4.79 Å². The fourth-order valence-corrected chi connectivity index (χ4v) is 0.856. The first kappa shape index (κ1) is 11.9. The average Bonchev–Trinajstić information content (AvgIpc) is 1.82. The van der Waals surface area contributed by atoms with Gasteiger partial charge in [-0.25, -0.2) is 0 Å². The second-order valence-electron chi connectivity index (χ2n) is 4.39. The average molecular weight is 236 g/mol. The molecule has 0 radical (unpaired) electrons. The van der Waals surface area contributed by atoms with E-state index in [0.29, 0.717) is 5.92 Å². The van der Waals surface area contributed by atoms with Crippen molar-refractivity contribution in [1.29, 1.82) is 0 Å². The van der Waals surface area contributed by atoms with Gasteiger partial charge in [-0.1, -0.05) is 29.8 Å². The third-order valence-electron chi connectivity index (χ3n) is 1.33. The van der Waals surface area contributed by atoms with Gasteiger partial charge >= 0.3 is 0 Å². The summed E-state index contributed by atoms with van der Waals surface area (Å²) in [5.41, 5.74) is -0.141. The molecule has 0 aromatic heterocycles. The minimum Gasteiger partial charge on any atom is -0.351 e. The van der Waals surface area contributed by atoms with Crippen LogP contribution in [0.25, 0.3) is 0 Å². The van der Waals surface area contributed by atoms with E-state index in [0.717, 1.165) is 0 Å². The lowest BCUT2D eigenvalue weighted by Crippen LogP contribution is -2.45. The van der Waals surface area contributed by atoms with Gasteiger partial charge in [0, 0.05) is 5.54 Å². The van der Waals surface area contributed by atoms with Crippen LogP contribution in [0.4, 0.5) is 0 Å². The van der Waals surface area contributed by atoms with Crippen LogP contribution in [0.15, 0.2) is 0 Å². The zero-order chi connectivity index (χ0) is 9.94. The summed E-state index contributed by atoms with van der Waals surface area (Å²) < 4.78 is 0. The Bertz CT molecular complexity index is 160. The Morgan fingerprint density at radius 2 is 1.75 bits per heavy atom. The van der Waals surface area contributed by atoms with Gasteiger partial charge in [-0.2, -0.15) is 0 Å². The van der Waals surface area contributed by atoms with Crippen LogP contribution in [-0.2, 0) is 4.79 Å². The smallest absolute Gasteiger partial charge is 0.234 e. The molecule has 1 atom stereocenters. The van der Waals surface area contributed by atoms with E-state index in [1.54, 1.807) is 0 Å². The normalized spacial score (nSPS) is 14.6. The summed E-state index contributed by atoms with van der Waals surface area (Å²) in [7, 11) is 0. The standard InChI is InChI=1S/C9H18BrNO/c1-6(2)7(10)8(12)11-9(3,4)5/h6-7H,1-5H3,(H,11,12)/t7-/m1/s1. The predicted octanol–water partition coefficient (Wildman–Crippen LogP) is 2.32. The van der Waals surface area contributed by atoms with Gasteiger partial charge in [0.25, 0.3) is 0 Å². The van der Waals surface area contributed by atoms with Crippen LogP contribution >= 0.6 is 15.9 Å². The zero-order valence-electron chi connectivity index (χ0n) is 8.44. The maximum absolute atomic E-state index is 11.4. The molecule has 0 spiro atoms. The molecule has 3 heteroatoms. The SMILES string of the molecule is CC(C)[C@@H](Br)C(=O)NC(C)(C)C. The zero-order valence-corrected chi connectivity index (χ0v) is 10.0. The molecule has 0 fully saturated rings. The number of nitrogens with one attached hydrogen (secondary N) is 1. The highest BCUT2D eigenvalue weighted by molar-refractivity contribution is 9.10. The molecule has 0 rings (SSSR count). The molecule has 0 aromatic rings. The summed E-state index contributed by atoms with van der Waals surface area (Å²) in [5.74, 6) is 0.393. The Morgan fingerprint density at radius 1 is 1.33 bits per heavy atom. The number of carbonyl (C=O) groups excluding carboxylic acids is 1. The fourth-order valence-electron chi connectivity index (χ4n) is 0.741. The fraction of sp³-hybridized carbons (Fsp3) is 0.889. The number of rotatable bonds is 2. The second kappa shape index (κ2) is 4.26. The van der Waals surface area contributed by atoms with Crippen molar-refractivity contribution in [3.05, 3.63) is 0 Å². The van der Waals surface area contributed by atoms with E-state index >= 15 is 0 Å². The van der Waals surface area contributed by atoms with Crippen molar-refractivity contribution in [1.82, 2.24) is 5.32 Å². The first-order valence-electron chi connectivity index (χ1n) is 4.20. The summed E-state index contributed by atoms with van der Waals surface area (Å²) in [6.45, 7) is 9.96. The Balaban J connectivity index is 4.05. The minimum atomic E-state index is -0.141. The Morgan fingerprint density at radius 3 is 2.00 bits per heavy atom. The van der Waals surface area contributed by atoms with Gasteiger partial charge in [0.1, 0.15) is 0 Å². The molecule has 2 nitrogen and oxygen atoms in total. The van der Waals surface area contributed by atoms with Crippen LogP contribution in [0.3, 0.4) is 0 Å². The number of amides is 1. The molecule has 72 valence electrons. The third-order valence-corrected chi connectivity index (χ3v) is 2.81. The molecule has 1 amide bonds. The molecule has 0 saturated carbocycles. The first-order valence-corrected chi connectivity index (χ1v) is 5.11. The molecule has 0 aliphatic carbocycles. The van der Waals surface area contributed by atoms with Crippen molar-refractivity contribution in [3.63, 3.8) is 0 Å². The molecule has 0 heterocycles. The lowest BCUT2D eigenvalue weighted by atomic mass is 10.1. The van der Waals surface area contributed by atoms with E-state index in [1.165, 1.54) is 0 Å². The van der Waals surface area contributed by atoms with Crippen molar-refractivity contribution in [2.75, 3.05) is 0 Å². The van der Waals surface area contributed by atoms with Crippen LogP contribution in [-0.4, -0.2) is 16.3 Å². The van der Waals surface area contributed by atoms with Gasteiger partial charge in [-0.3, -0.25) is 4.79 Å². The van der Waals surface area contributed by atoms with E-state index in [1.807, 2.05) is 34.6 Å². The van der Waals surface area contributed by atoms with Gasteiger partial charge in [-0.05, 0) is 26.7 Å². The number of hydrogen-bond donors (Lipinski definition) is 1. The second-order valence-corrected chi connectivity index (χ2v) is 5.37. The van der Waals surface area contributed by atoms with Crippen molar-refractivity contribution >= 4 is 21.8 Å². The van der Waals surface area contributed by atoms with Crippen molar-refractivity contribution < 1.29 is 4.79 Å². The van der Waals surface area contributed by atoms with Crippen LogP contribution in [0.1, 0.15) is 34.6 Å². The Kier molecular flexibility index (Phi) is 4.24. The summed E-state index contributed by atoms with van der Waals surface area (Å²) in [6.07, 6.45) is 0. The first-order chi connectivity index (χ1) is 5.24. The molecule has 0 bridgehead atoms. The molecule has 0 aliphatic heterocycles. The van der Waals surface area contributed by atoms with E-state index in [2.05, 4.69) is 21.2 Å². The molecule has 12 heavy (non-hydrogen) atoms. The van der Waals surface area contributed by atoms with E-state index in [-0.39, 0.29) is 16.3 Å². The van der Waals surface area contributed by atoms with Crippen LogP contribution in [0, 0.1) is 5.92 Å². The number of hydrogen-bond acceptors (Lipinski definition) is 1. The molecule has 0 aliphatic rings. The monoisotopic (exact) mass is 235 g/mol. The largest absolute Gasteiger partial charge is 0.351 e. The highest BCUT2D eigenvalue weighted by Gasteiger charge is 2.22. The van der Waals surface area contributed by atoms with E-state index < -0.39 is 0 Å². The summed E-state index contributed by atoms with van der Waals surface area (Å²) in [6, 6.07) is 0. The van der Waals surface area contributed by atoms with Crippen LogP contribution in [0.2, 0.25) is 0 Å². The molecule has 0 aromatic carbocycles. The van der Waals surface area contributed by atoms with Gasteiger partial charge in [-0.15, -0.1) is 0 Å². The summed E-state index contributed by atoms with van der Waals surface area (Å²) in [5, 5.41) is 2.91. The molecule has 0 unspecified atom stereocenters. The van der Waals surface area contributed by atoms with Gasteiger partial charge in [0.15, 0.2) is 0 Å². The Labute approximate surface area is 83.2 Å². The number of carbonyl (C=O) groups is 1. The predicted molar refractivity (Wildman–Crippen MR) is 55.4 cm³/mol.